The van der Waals surface area contributed by atoms with Gasteiger partial charge < -0.3 is 9.57 Å². The Labute approximate surface area is 159 Å². The van der Waals surface area contributed by atoms with Gasteiger partial charge in [0.2, 0.25) is 0 Å². The molecule has 0 radical (unpaired) electrons. The highest BCUT2D eigenvalue weighted by Gasteiger charge is 2.63. The number of ether oxygens (including phenoxy) is 1. The number of methoxy groups -OCH3 is 1. The molecule has 0 aliphatic heterocycles. The van der Waals surface area contributed by atoms with Gasteiger partial charge in [0.1, 0.15) is 5.75 Å². The predicted molar refractivity (Wildman–Crippen MR) is 97.0 cm³/mol. The molecule has 9 heteroatoms. The van der Waals surface area contributed by atoms with Crippen LogP contribution >= 0.6 is 0 Å². The van der Waals surface area contributed by atoms with Crippen molar-refractivity contribution in [3.05, 3.63) is 75.3 Å². The summed E-state index contributed by atoms with van der Waals surface area (Å²) in [7, 11) is 1.52. The van der Waals surface area contributed by atoms with Gasteiger partial charge in [-0.25, -0.2) is 0 Å². The Kier molecular flexibility index (Phi) is 6.61. The number of alkyl halides is 3. The van der Waals surface area contributed by atoms with E-state index in [1.54, 1.807) is 31.2 Å². The zero-order valence-electron chi connectivity index (χ0n) is 15.3. The van der Waals surface area contributed by atoms with Gasteiger partial charge in [0.05, 0.1) is 7.11 Å². The van der Waals surface area contributed by atoms with Crippen LogP contribution in [-0.4, -0.2) is 31.0 Å². The average Bonchev–Trinajstić information content (AvgIpc) is 2.64. The summed E-state index contributed by atoms with van der Waals surface area (Å²) in [6.07, 6.45) is -3.73. The van der Waals surface area contributed by atoms with Crippen LogP contribution in [0.2, 0.25) is 0 Å². The highest BCUT2D eigenvalue weighted by atomic mass is 19.4. The van der Waals surface area contributed by atoms with Crippen molar-refractivity contribution in [2.24, 2.45) is 5.16 Å². The molecule has 0 unspecified atom stereocenters. The molecule has 0 saturated carbocycles. The Balaban J connectivity index is 2.27. The molecule has 1 atom stereocenters. The third-order valence-corrected chi connectivity index (χ3v) is 4.10. The van der Waals surface area contributed by atoms with Gasteiger partial charge in [-0.2, -0.15) is 13.2 Å². The van der Waals surface area contributed by atoms with Crippen LogP contribution in [0.1, 0.15) is 16.7 Å². The summed E-state index contributed by atoms with van der Waals surface area (Å²) in [5.41, 5.74) is -2.09. The highest BCUT2D eigenvalue weighted by molar-refractivity contribution is 5.61. The molecule has 28 heavy (non-hydrogen) atoms. The van der Waals surface area contributed by atoms with E-state index in [2.05, 4.69) is 5.16 Å². The minimum Gasteiger partial charge on any atom is -0.497 e. The van der Waals surface area contributed by atoms with E-state index in [1.165, 1.54) is 19.2 Å². The second kappa shape index (κ2) is 8.73. The third kappa shape index (κ3) is 4.99. The van der Waals surface area contributed by atoms with Gasteiger partial charge in [0.15, 0.2) is 0 Å². The lowest BCUT2D eigenvalue weighted by Crippen LogP contribution is -2.49. The van der Waals surface area contributed by atoms with E-state index in [0.29, 0.717) is 11.3 Å². The Morgan fingerprint density at radius 3 is 2.21 bits per heavy atom. The number of hydrogen-bond acceptors (Lipinski definition) is 5. The molecule has 0 aliphatic rings. The molecular weight excluding hydrogens is 377 g/mol. The molecule has 2 aromatic rings. The average molecular weight is 396 g/mol. The lowest BCUT2D eigenvalue weighted by Gasteiger charge is -2.30. The van der Waals surface area contributed by atoms with Crippen LogP contribution in [-0.2, 0) is 16.9 Å². The van der Waals surface area contributed by atoms with Crippen LogP contribution in [0.5, 0.6) is 5.75 Å². The van der Waals surface area contributed by atoms with E-state index in [0.717, 1.165) is 23.9 Å². The van der Waals surface area contributed by atoms with Crippen molar-refractivity contribution in [1.29, 1.82) is 0 Å². The molecule has 0 spiro atoms. The first-order valence-electron chi connectivity index (χ1n) is 8.26. The summed E-state index contributed by atoms with van der Waals surface area (Å²) >= 11 is 0. The first-order chi connectivity index (χ1) is 13.2. The van der Waals surface area contributed by atoms with Gasteiger partial charge in [-0.1, -0.05) is 47.1 Å². The van der Waals surface area contributed by atoms with Crippen LogP contribution in [0.25, 0.3) is 0 Å². The molecular formula is C19H19F3N2O4. The van der Waals surface area contributed by atoms with E-state index in [9.17, 15) is 23.3 Å². The van der Waals surface area contributed by atoms with Crippen molar-refractivity contribution >= 4 is 6.21 Å². The van der Waals surface area contributed by atoms with E-state index >= 15 is 0 Å². The SMILES string of the molecule is COc1ccc(C/C=N/O[C@](C[N+](=O)[O-])(c2ccc(C)cc2)C(F)(F)F)cc1. The number of nitrogens with zero attached hydrogens (tertiary/aromatic N) is 2. The minimum atomic E-state index is -5.05. The minimum absolute atomic E-state index is 0.185. The van der Waals surface area contributed by atoms with E-state index in [4.69, 9.17) is 9.57 Å². The molecule has 0 aliphatic carbocycles. The van der Waals surface area contributed by atoms with Crippen LogP contribution < -0.4 is 4.74 Å². The number of hydrogen-bond donors (Lipinski definition) is 0. The molecule has 0 saturated heterocycles. The Hall–Kier alpha value is -3.10. The molecule has 2 rings (SSSR count). The smallest absolute Gasteiger partial charge is 0.442 e. The predicted octanol–water partition coefficient (Wildman–Crippen LogP) is 4.28. The quantitative estimate of drug-likeness (QED) is 0.379. The van der Waals surface area contributed by atoms with Crippen LogP contribution in [0, 0.1) is 17.0 Å². The largest absolute Gasteiger partial charge is 0.497 e. The summed E-state index contributed by atoms with van der Waals surface area (Å²) in [6.45, 7) is 0.194. The van der Waals surface area contributed by atoms with Crippen molar-refractivity contribution in [2.45, 2.75) is 25.1 Å². The number of oxime groups is 1. The summed E-state index contributed by atoms with van der Waals surface area (Å²) in [4.78, 5) is 14.7. The van der Waals surface area contributed by atoms with Crippen LogP contribution in [0.3, 0.4) is 0 Å². The monoisotopic (exact) mass is 396 g/mol. The van der Waals surface area contributed by atoms with Crippen LogP contribution in [0.4, 0.5) is 13.2 Å². The highest BCUT2D eigenvalue weighted by Crippen LogP contribution is 2.42. The summed E-state index contributed by atoms with van der Waals surface area (Å²) < 4.78 is 46.5. The molecule has 0 bridgehead atoms. The Morgan fingerprint density at radius 1 is 1.11 bits per heavy atom. The van der Waals surface area contributed by atoms with Crippen molar-refractivity contribution in [2.75, 3.05) is 13.7 Å². The lowest BCUT2D eigenvalue weighted by atomic mass is 9.92. The zero-order valence-corrected chi connectivity index (χ0v) is 15.3. The molecule has 150 valence electrons. The number of halogens is 3. The van der Waals surface area contributed by atoms with Gasteiger partial charge in [-0.05, 0) is 24.6 Å². The molecule has 0 aromatic heterocycles. The number of rotatable bonds is 8. The maximum Gasteiger partial charge on any atom is 0.442 e. The fourth-order valence-electron chi connectivity index (χ4n) is 2.51. The molecule has 0 amide bonds. The molecule has 2 aromatic carbocycles. The normalized spacial score (nSPS) is 13.9. The van der Waals surface area contributed by atoms with Crippen molar-refractivity contribution in [1.82, 2.24) is 0 Å². The first kappa shape index (κ1) is 21.2. The second-order valence-corrected chi connectivity index (χ2v) is 6.11. The van der Waals surface area contributed by atoms with Crippen molar-refractivity contribution in [3.8, 4) is 5.75 Å². The second-order valence-electron chi connectivity index (χ2n) is 6.11. The van der Waals surface area contributed by atoms with E-state index in [1.807, 2.05) is 0 Å². The van der Waals surface area contributed by atoms with Gasteiger partial charge >= 0.3 is 11.8 Å². The number of benzene rings is 2. The maximum absolute atomic E-state index is 13.8. The van der Waals surface area contributed by atoms with Gasteiger partial charge in [0, 0.05) is 23.1 Å². The molecule has 0 heterocycles. The first-order valence-corrected chi connectivity index (χ1v) is 8.26. The Bertz CT molecular complexity index is 821. The molecule has 0 N–H and O–H groups in total. The standard InChI is InChI=1S/C19H19F3N2O4/c1-14-3-7-16(8-4-14)18(13-24(25)26,19(20,21)22)28-23-12-11-15-5-9-17(27-2)10-6-15/h3-10,12H,11,13H2,1-2H3/b23-12+/t18-/m1/s1. The third-order valence-electron chi connectivity index (χ3n) is 4.10. The van der Waals surface area contributed by atoms with E-state index < -0.39 is 23.2 Å². The topological polar surface area (TPSA) is 74.0 Å². The van der Waals surface area contributed by atoms with Gasteiger partial charge in [-0.15, -0.1) is 0 Å². The van der Waals surface area contributed by atoms with Crippen molar-refractivity contribution < 1.29 is 27.7 Å². The van der Waals surface area contributed by atoms with Crippen molar-refractivity contribution in [3.63, 3.8) is 0 Å². The lowest BCUT2D eigenvalue weighted by molar-refractivity contribution is -0.522. The molecule has 0 fully saturated rings. The Morgan fingerprint density at radius 2 is 1.71 bits per heavy atom. The number of aryl methyl sites for hydroxylation is 1. The van der Waals surface area contributed by atoms with Gasteiger partial charge in [-0.3, -0.25) is 10.1 Å². The summed E-state index contributed by atoms with van der Waals surface area (Å²) in [5.74, 6) is 0.637. The van der Waals surface area contributed by atoms with Gasteiger partial charge in [0.25, 0.3) is 6.54 Å². The fraction of sp³-hybridized carbons (Fsp3) is 0.316. The number of nitro groups is 1. The van der Waals surface area contributed by atoms with E-state index in [-0.39, 0.29) is 12.0 Å². The van der Waals surface area contributed by atoms with Crippen LogP contribution in [0.15, 0.2) is 53.7 Å². The fourth-order valence-corrected chi connectivity index (χ4v) is 2.51. The maximum atomic E-state index is 13.8. The molecule has 6 nitrogen and oxygen atoms in total. The zero-order chi connectivity index (χ0) is 20.8. The summed E-state index contributed by atoms with van der Waals surface area (Å²) in [6, 6.07) is 12.0. The summed E-state index contributed by atoms with van der Waals surface area (Å²) in [5, 5.41) is 14.4.